The van der Waals surface area contributed by atoms with E-state index in [1.807, 2.05) is 0 Å². The molecule has 0 bridgehead atoms. The minimum absolute atomic E-state index is 0.498. The van der Waals surface area contributed by atoms with E-state index in [-0.39, 0.29) is 0 Å². The fraction of sp³-hybridized carbons (Fsp3) is 0.167. The van der Waals surface area contributed by atoms with Gasteiger partial charge in [-0.05, 0) is 11.5 Å². The molecule has 0 saturated heterocycles. The summed E-state index contributed by atoms with van der Waals surface area (Å²) >= 11 is 0. The molecular weight excluding hydrogens is 129 g/mol. The highest BCUT2D eigenvalue weighted by molar-refractivity contribution is 6.51. The van der Waals surface area contributed by atoms with E-state index < -0.39 is 7.12 Å². The van der Waals surface area contributed by atoms with Crippen molar-refractivity contribution in [3.8, 4) is 0 Å². The van der Waals surface area contributed by atoms with Crippen molar-refractivity contribution in [1.82, 2.24) is 0 Å². The molecule has 0 unspecified atom stereocenters. The third-order valence-corrected chi connectivity index (χ3v) is 1.21. The molecule has 0 amide bonds. The van der Waals surface area contributed by atoms with Crippen molar-refractivity contribution in [3.63, 3.8) is 0 Å². The predicted octanol–water partition coefficient (Wildman–Crippen LogP) is -0.435. The van der Waals surface area contributed by atoms with Crippen LogP contribution in [-0.4, -0.2) is 29.9 Å². The average Bonchev–Trinajstić information content (AvgIpc) is 2.12. The monoisotopic (exact) mass is 137 g/mol. The lowest BCUT2D eigenvalue weighted by Crippen LogP contribution is -2.13. The largest absolute Gasteiger partial charge is 0.488 e. The Labute approximate surface area is 59.6 Å². The third kappa shape index (κ3) is 1.82. The number of allylic oxidation sites excluding steroid dienone is 3. The van der Waals surface area contributed by atoms with Crippen LogP contribution < -0.4 is 0 Å². The first-order chi connectivity index (χ1) is 4.80. The number of rotatable bonds is 1. The van der Waals surface area contributed by atoms with E-state index in [2.05, 4.69) is 4.99 Å². The van der Waals surface area contributed by atoms with Crippen LogP contribution >= 0.6 is 0 Å². The molecule has 4 heteroatoms. The Morgan fingerprint density at radius 1 is 1.50 bits per heavy atom. The van der Waals surface area contributed by atoms with Crippen LogP contribution in [0, 0.1) is 0 Å². The molecule has 52 valence electrons. The van der Waals surface area contributed by atoms with Crippen LogP contribution in [0.4, 0.5) is 0 Å². The zero-order valence-electron chi connectivity index (χ0n) is 5.44. The van der Waals surface area contributed by atoms with Crippen LogP contribution in [0.25, 0.3) is 0 Å². The first-order valence-corrected chi connectivity index (χ1v) is 3.03. The summed E-state index contributed by atoms with van der Waals surface area (Å²) in [7, 11) is -1.38. The van der Waals surface area contributed by atoms with Gasteiger partial charge < -0.3 is 10.0 Å². The van der Waals surface area contributed by atoms with Crippen LogP contribution in [0.1, 0.15) is 0 Å². The molecule has 10 heavy (non-hydrogen) atoms. The topological polar surface area (TPSA) is 52.8 Å². The summed E-state index contributed by atoms with van der Waals surface area (Å²) in [5.74, 6) is 0. The highest BCUT2D eigenvalue weighted by atomic mass is 16.4. The summed E-state index contributed by atoms with van der Waals surface area (Å²) in [5.41, 5.74) is 0.498. The Kier molecular flexibility index (Phi) is 2.42. The van der Waals surface area contributed by atoms with Gasteiger partial charge in [0.25, 0.3) is 0 Å². The molecule has 0 aromatic carbocycles. The minimum atomic E-state index is -1.38. The zero-order valence-corrected chi connectivity index (χ0v) is 5.44. The summed E-state index contributed by atoms with van der Waals surface area (Å²) in [6.45, 7) is 0.514. The van der Waals surface area contributed by atoms with Crippen molar-refractivity contribution in [2.24, 2.45) is 4.99 Å². The van der Waals surface area contributed by atoms with Gasteiger partial charge in [-0.1, -0.05) is 12.2 Å². The molecule has 0 saturated carbocycles. The Balaban J connectivity index is 2.69. The zero-order chi connectivity index (χ0) is 7.40. The Hall–Kier alpha value is -0.865. The molecule has 0 aliphatic carbocycles. The standard InChI is InChI=1S/C6H8BNO2/c9-7(10)6-2-1-4-8-5-3-6/h1-4,9-10H,5H2. The lowest BCUT2D eigenvalue weighted by molar-refractivity contribution is 0.420. The summed E-state index contributed by atoms with van der Waals surface area (Å²) in [6, 6.07) is 0. The molecule has 0 aromatic heterocycles. The molecule has 1 heterocycles. The summed E-state index contributed by atoms with van der Waals surface area (Å²) < 4.78 is 0. The van der Waals surface area contributed by atoms with E-state index in [4.69, 9.17) is 10.0 Å². The molecular formula is C6H8BNO2. The van der Waals surface area contributed by atoms with Crippen LogP contribution in [-0.2, 0) is 0 Å². The van der Waals surface area contributed by atoms with E-state index in [1.54, 1.807) is 24.4 Å². The smallest absolute Gasteiger partial charge is 0.423 e. The highest BCUT2D eigenvalue weighted by Gasteiger charge is 2.10. The van der Waals surface area contributed by atoms with Crippen LogP contribution in [0.2, 0.25) is 0 Å². The predicted molar refractivity (Wildman–Crippen MR) is 40.8 cm³/mol. The Bertz CT molecular complexity index is 196. The van der Waals surface area contributed by atoms with Gasteiger partial charge in [0.05, 0.1) is 6.54 Å². The van der Waals surface area contributed by atoms with E-state index in [0.717, 1.165) is 0 Å². The van der Waals surface area contributed by atoms with Crippen molar-refractivity contribution >= 4 is 13.3 Å². The average molecular weight is 137 g/mol. The van der Waals surface area contributed by atoms with Gasteiger partial charge in [-0.3, -0.25) is 4.99 Å². The lowest BCUT2D eigenvalue weighted by Gasteiger charge is -1.95. The minimum Gasteiger partial charge on any atom is -0.423 e. The van der Waals surface area contributed by atoms with E-state index in [1.165, 1.54) is 0 Å². The SMILES string of the molecule is OB(O)C1=CCN=CC=C1. The molecule has 0 aromatic rings. The van der Waals surface area contributed by atoms with E-state index in [9.17, 15) is 0 Å². The van der Waals surface area contributed by atoms with Gasteiger partial charge in [0.2, 0.25) is 0 Å². The molecule has 2 N–H and O–H groups in total. The van der Waals surface area contributed by atoms with Gasteiger partial charge in [-0.25, -0.2) is 0 Å². The molecule has 0 atom stereocenters. The maximum Gasteiger partial charge on any atom is 0.488 e. The van der Waals surface area contributed by atoms with Crippen LogP contribution in [0.5, 0.6) is 0 Å². The van der Waals surface area contributed by atoms with Crippen molar-refractivity contribution < 1.29 is 10.0 Å². The quantitative estimate of drug-likeness (QED) is 0.481. The second-order valence-electron chi connectivity index (χ2n) is 1.95. The molecule has 0 spiro atoms. The fourth-order valence-electron chi connectivity index (χ4n) is 0.693. The normalized spacial score (nSPS) is 16.4. The first kappa shape index (κ1) is 7.24. The number of aliphatic imine (C=N–C) groups is 1. The summed E-state index contributed by atoms with van der Waals surface area (Å²) in [5, 5.41) is 17.4. The van der Waals surface area contributed by atoms with Gasteiger partial charge in [0, 0.05) is 6.21 Å². The summed E-state index contributed by atoms with van der Waals surface area (Å²) in [4.78, 5) is 3.89. The molecule has 0 fully saturated rings. The number of hydrogen-bond acceptors (Lipinski definition) is 3. The van der Waals surface area contributed by atoms with Crippen LogP contribution in [0.3, 0.4) is 0 Å². The van der Waals surface area contributed by atoms with Gasteiger partial charge in [0.15, 0.2) is 0 Å². The summed E-state index contributed by atoms with van der Waals surface area (Å²) in [6.07, 6.45) is 6.61. The van der Waals surface area contributed by atoms with Crippen molar-refractivity contribution in [3.05, 3.63) is 23.7 Å². The van der Waals surface area contributed by atoms with Crippen molar-refractivity contribution in [2.45, 2.75) is 0 Å². The third-order valence-electron chi connectivity index (χ3n) is 1.21. The second kappa shape index (κ2) is 3.34. The molecule has 0 radical (unpaired) electrons. The van der Waals surface area contributed by atoms with Gasteiger partial charge >= 0.3 is 7.12 Å². The Morgan fingerprint density at radius 2 is 2.30 bits per heavy atom. The number of nitrogens with zero attached hydrogens (tertiary/aromatic N) is 1. The van der Waals surface area contributed by atoms with Gasteiger partial charge in [-0.2, -0.15) is 0 Å². The fourth-order valence-corrected chi connectivity index (χ4v) is 0.693. The maximum atomic E-state index is 8.68. The highest BCUT2D eigenvalue weighted by Crippen LogP contribution is 2.00. The van der Waals surface area contributed by atoms with E-state index >= 15 is 0 Å². The molecule has 3 nitrogen and oxygen atoms in total. The van der Waals surface area contributed by atoms with Crippen molar-refractivity contribution in [2.75, 3.05) is 6.54 Å². The van der Waals surface area contributed by atoms with Gasteiger partial charge in [0.1, 0.15) is 0 Å². The molecule has 1 rings (SSSR count). The Morgan fingerprint density at radius 3 is 3.00 bits per heavy atom. The van der Waals surface area contributed by atoms with E-state index in [0.29, 0.717) is 12.0 Å². The maximum absolute atomic E-state index is 8.68. The first-order valence-electron chi connectivity index (χ1n) is 3.03. The number of hydrogen-bond donors (Lipinski definition) is 2. The second-order valence-corrected chi connectivity index (χ2v) is 1.95. The van der Waals surface area contributed by atoms with Crippen molar-refractivity contribution in [1.29, 1.82) is 0 Å². The van der Waals surface area contributed by atoms with Gasteiger partial charge in [-0.15, -0.1) is 0 Å². The molecule has 1 aliphatic heterocycles. The van der Waals surface area contributed by atoms with Crippen LogP contribution in [0.15, 0.2) is 28.7 Å². The lowest BCUT2D eigenvalue weighted by atomic mass is 9.79. The molecule has 1 aliphatic rings.